The number of ether oxygens (including phenoxy) is 2. The quantitative estimate of drug-likeness (QED) is 0.695. The first-order valence-electron chi connectivity index (χ1n) is 8.95. The normalized spacial score (nSPS) is 15.0. The molecule has 0 saturated carbocycles. The largest absolute Gasteiger partial charge is 0.497 e. The molecule has 1 N–H and O–H groups in total. The molecule has 0 atom stereocenters. The van der Waals surface area contributed by atoms with Gasteiger partial charge in [-0.05, 0) is 24.3 Å². The highest BCUT2D eigenvalue weighted by atomic mass is 32.2. The lowest BCUT2D eigenvalue weighted by Crippen LogP contribution is -2.43. The number of nitrogens with zero attached hydrogens (tertiary/aromatic N) is 3. The van der Waals surface area contributed by atoms with Gasteiger partial charge in [0.2, 0.25) is 0 Å². The van der Waals surface area contributed by atoms with Crippen LogP contribution in [0.5, 0.6) is 11.5 Å². The van der Waals surface area contributed by atoms with Crippen molar-refractivity contribution in [2.24, 2.45) is 0 Å². The first-order chi connectivity index (χ1) is 13.6. The van der Waals surface area contributed by atoms with Gasteiger partial charge in [-0.1, -0.05) is 0 Å². The predicted molar refractivity (Wildman–Crippen MR) is 107 cm³/mol. The number of benzene rings is 1. The van der Waals surface area contributed by atoms with Crippen molar-refractivity contribution in [2.45, 2.75) is 4.90 Å². The number of anilines is 1. The maximum Gasteiger partial charge on any atom is 0.272 e. The van der Waals surface area contributed by atoms with Gasteiger partial charge in [-0.3, -0.25) is 4.98 Å². The fourth-order valence-corrected chi connectivity index (χ4v) is 4.97. The van der Waals surface area contributed by atoms with Gasteiger partial charge in [0.05, 0.1) is 25.4 Å². The first kappa shape index (κ1) is 18.6. The molecule has 0 aliphatic carbocycles. The summed E-state index contributed by atoms with van der Waals surface area (Å²) < 4.78 is 38.9. The Kier molecular flexibility index (Phi) is 4.86. The molecule has 2 aromatic heterocycles. The molecule has 3 heterocycles. The Bertz CT molecular complexity index is 1100. The molecule has 0 amide bonds. The van der Waals surface area contributed by atoms with Crippen LogP contribution in [-0.4, -0.2) is 57.8 Å². The van der Waals surface area contributed by atoms with Gasteiger partial charge in [0, 0.05) is 44.6 Å². The second-order valence-electron chi connectivity index (χ2n) is 6.44. The molecule has 0 spiro atoms. The highest BCUT2D eigenvalue weighted by molar-refractivity contribution is 7.90. The van der Waals surface area contributed by atoms with Crippen LogP contribution in [0, 0.1) is 0 Å². The second kappa shape index (κ2) is 7.33. The number of piperazine rings is 1. The summed E-state index contributed by atoms with van der Waals surface area (Å²) in [6.07, 6.45) is 3.33. The average molecular weight is 402 g/mol. The van der Waals surface area contributed by atoms with E-state index in [4.69, 9.17) is 9.47 Å². The van der Waals surface area contributed by atoms with Crippen LogP contribution in [0.4, 0.5) is 5.69 Å². The molecule has 0 radical (unpaired) electrons. The smallest absolute Gasteiger partial charge is 0.272 e. The molecule has 1 saturated heterocycles. The molecule has 9 heteroatoms. The fraction of sp³-hybridized carbons (Fsp3) is 0.316. The molecule has 1 aliphatic heterocycles. The van der Waals surface area contributed by atoms with E-state index in [1.807, 2.05) is 0 Å². The zero-order chi connectivity index (χ0) is 19.7. The maximum atomic E-state index is 13.6. The van der Waals surface area contributed by atoms with Crippen molar-refractivity contribution in [1.82, 2.24) is 14.3 Å². The lowest BCUT2D eigenvalue weighted by Gasteiger charge is -2.28. The number of fused-ring (bicyclic) bond motifs is 1. The number of hydrogen-bond acceptors (Lipinski definition) is 7. The summed E-state index contributed by atoms with van der Waals surface area (Å²) in [4.78, 5) is 6.65. The van der Waals surface area contributed by atoms with Gasteiger partial charge in [-0.15, -0.1) is 0 Å². The number of hydrogen-bond donors (Lipinski definition) is 1. The van der Waals surface area contributed by atoms with E-state index in [0.717, 1.165) is 31.9 Å². The molecule has 0 bridgehead atoms. The summed E-state index contributed by atoms with van der Waals surface area (Å²) in [7, 11) is -0.987. The summed E-state index contributed by atoms with van der Waals surface area (Å²) >= 11 is 0. The molecule has 1 aromatic carbocycles. The van der Waals surface area contributed by atoms with E-state index in [9.17, 15) is 8.42 Å². The average Bonchev–Trinajstić information content (AvgIpc) is 3.14. The zero-order valence-corrected chi connectivity index (χ0v) is 16.6. The topological polar surface area (TPSA) is 85.7 Å². The van der Waals surface area contributed by atoms with Crippen molar-refractivity contribution in [3.63, 3.8) is 0 Å². The van der Waals surface area contributed by atoms with Gasteiger partial charge in [-0.2, -0.15) is 0 Å². The van der Waals surface area contributed by atoms with E-state index in [0.29, 0.717) is 16.8 Å². The second-order valence-corrected chi connectivity index (χ2v) is 8.22. The van der Waals surface area contributed by atoms with Gasteiger partial charge in [0.15, 0.2) is 0 Å². The van der Waals surface area contributed by atoms with Crippen LogP contribution in [0.15, 0.2) is 47.6 Å². The van der Waals surface area contributed by atoms with Gasteiger partial charge in [-0.25, -0.2) is 12.4 Å². The third kappa shape index (κ3) is 3.06. The van der Waals surface area contributed by atoms with E-state index >= 15 is 0 Å². The standard InChI is InChI=1S/C19H22N4O4S/c1-26-14-5-6-17(27-2)18(12-14)28(24,25)23-13-16(22-10-8-20-9-11-22)19-15(23)4-3-7-21-19/h3-7,12-13,20H,8-11H2,1-2H3. The Balaban J connectivity index is 1.91. The predicted octanol–water partition coefficient (Wildman–Crippen LogP) is 1.70. The van der Waals surface area contributed by atoms with Gasteiger partial charge in [0.1, 0.15) is 21.9 Å². The highest BCUT2D eigenvalue weighted by Gasteiger charge is 2.27. The minimum Gasteiger partial charge on any atom is -0.497 e. The van der Waals surface area contributed by atoms with Crippen LogP contribution < -0.4 is 19.7 Å². The van der Waals surface area contributed by atoms with Crippen molar-refractivity contribution in [3.8, 4) is 11.5 Å². The highest BCUT2D eigenvalue weighted by Crippen LogP contribution is 2.34. The molecular weight excluding hydrogens is 380 g/mol. The van der Waals surface area contributed by atoms with Crippen molar-refractivity contribution in [1.29, 1.82) is 0 Å². The molecule has 4 rings (SSSR count). The number of rotatable bonds is 5. The zero-order valence-electron chi connectivity index (χ0n) is 15.8. The van der Waals surface area contributed by atoms with Gasteiger partial charge in [0.25, 0.3) is 10.0 Å². The Morgan fingerprint density at radius 1 is 1.11 bits per heavy atom. The maximum absolute atomic E-state index is 13.6. The molecular formula is C19H22N4O4S. The third-order valence-electron chi connectivity index (χ3n) is 4.87. The molecule has 148 valence electrons. The minimum atomic E-state index is -3.93. The Hall–Kier alpha value is -2.78. The van der Waals surface area contributed by atoms with E-state index < -0.39 is 10.0 Å². The van der Waals surface area contributed by atoms with Gasteiger partial charge >= 0.3 is 0 Å². The molecule has 8 nitrogen and oxygen atoms in total. The van der Waals surface area contributed by atoms with Crippen molar-refractivity contribution >= 4 is 26.7 Å². The van der Waals surface area contributed by atoms with E-state index in [-0.39, 0.29) is 10.6 Å². The molecule has 1 fully saturated rings. The summed E-state index contributed by atoms with van der Waals surface area (Å²) in [5, 5.41) is 3.31. The SMILES string of the molecule is COc1ccc(OC)c(S(=O)(=O)n2cc(N3CCNCC3)c3ncccc32)c1. The third-order valence-corrected chi connectivity index (χ3v) is 6.57. The minimum absolute atomic E-state index is 0.0435. The lowest BCUT2D eigenvalue weighted by atomic mass is 10.3. The van der Waals surface area contributed by atoms with Crippen molar-refractivity contribution in [3.05, 3.63) is 42.7 Å². The summed E-state index contributed by atoms with van der Waals surface area (Å²) in [5.41, 5.74) is 2.00. The summed E-state index contributed by atoms with van der Waals surface area (Å²) in [6.45, 7) is 3.27. The van der Waals surface area contributed by atoms with E-state index in [1.54, 1.807) is 36.7 Å². The van der Waals surface area contributed by atoms with Crippen LogP contribution in [0.1, 0.15) is 0 Å². The molecule has 1 aliphatic rings. The van der Waals surface area contributed by atoms with Crippen LogP contribution in [0.2, 0.25) is 0 Å². The molecule has 0 unspecified atom stereocenters. The van der Waals surface area contributed by atoms with E-state index in [2.05, 4.69) is 15.2 Å². The van der Waals surface area contributed by atoms with Crippen molar-refractivity contribution in [2.75, 3.05) is 45.3 Å². The van der Waals surface area contributed by atoms with Crippen LogP contribution >= 0.6 is 0 Å². The van der Waals surface area contributed by atoms with Crippen molar-refractivity contribution < 1.29 is 17.9 Å². The number of pyridine rings is 1. The monoisotopic (exact) mass is 402 g/mol. The van der Waals surface area contributed by atoms with Crippen LogP contribution in [0.3, 0.4) is 0 Å². The lowest BCUT2D eigenvalue weighted by molar-refractivity contribution is 0.392. The van der Waals surface area contributed by atoms with E-state index in [1.165, 1.54) is 24.3 Å². The number of aromatic nitrogens is 2. The Labute approximate surface area is 163 Å². The van der Waals surface area contributed by atoms with Crippen LogP contribution in [-0.2, 0) is 10.0 Å². The van der Waals surface area contributed by atoms with Crippen LogP contribution in [0.25, 0.3) is 11.0 Å². The number of nitrogens with one attached hydrogen (secondary N) is 1. The Morgan fingerprint density at radius 2 is 1.89 bits per heavy atom. The number of methoxy groups -OCH3 is 2. The molecule has 28 heavy (non-hydrogen) atoms. The summed E-state index contributed by atoms with van der Waals surface area (Å²) in [6, 6.07) is 8.23. The Morgan fingerprint density at radius 3 is 2.61 bits per heavy atom. The molecule has 3 aromatic rings. The summed E-state index contributed by atoms with van der Waals surface area (Å²) in [5.74, 6) is 0.701. The first-order valence-corrected chi connectivity index (χ1v) is 10.4. The van der Waals surface area contributed by atoms with Gasteiger partial charge < -0.3 is 19.7 Å². The fourth-order valence-electron chi connectivity index (χ4n) is 3.44.